The van der Waals surface area contributed by atoms with Crippen molar-refractivity contribution in [2.45, 2.75) is 26.8 Å². The van der Waals surface area contributed by atoms with Gasteiger partial charge in [0.2, 0.25) is 0 Å². The first-order chi connectivity index (χ1) is 12.9. The van der Waals surface area contributed by atoms with E-state index >= 15 is 0 Å². The zero-order chi connectivity index (χ0) is 19.3. The summed E-state index contributed by atoms with van der Waals surface area (Å²) in [5.41, 5.74) is 11.7. The molecule has 4 rings (SSSR count). The molecular formula is C19H21ClN6O. The highest BCUT2D eigenvalue weighted by atomic mass is 35.5. The van der Waals surface area contributed by atoms with E-state index in [9.17, 15) is 0 Å². The van der Waals surface area contributed by atoms with E-state index in [-0.39, 0.29) is 6.04 Å². The standard InChI is InChI=1S/C19H21ClN6O/c1-9-14(20)5-13(17(27-4)15(9)12-6-22-7-12)11(3)26-19-16(10(2)25-26)18(21)23-8-24-19/h5-6,8,11,22H,7H2,1-4H3,(H2,21,23,24). The SMILES string of the molecule is COc1c(C(C)n2nc(C)c3c(N)ncnc32)cc(Cl)c(C)c1C1=CNC1. The zero-order valence-electron chi connectivity index (χ0n) is 15.7. The molecule has 0 spiro atoms. The van der Waals surface area contributed by atoms with Crippen molar-refractivity contribution in [3.05, 3.63) is 46.0 Å². The fourth-order valence-electron chi connectivity index (χ4n) is 3.60. The predicted molar refractivity (Wildman–Crippen MR) is 107 cm³/mol. The van der Waals surface area contributed by atoms with Gasteiger partial charge in [0.15, 0.2) is 5.65 Å². The van der Waals surface area contributed by atoms with E-state index in [0.717, 1.165) is 40.1 Å². The van der Waals surface area contributed by atoms with E-state index in [2.05, 4.69) is 20.4 Å². The molecule has 3 heterocycles. The molecule has 0 radical (unpaired) electrons. The van der Waals surface area contributed by atoms with Crippen molar-refractivity contribution in [3.63, 3.8) is 0 Å². The number of methoxy groups -OCH3 is 1. The summed E-state index contributed by atoms with van der Waals surface area (Å²) in [7, 11) is 1.68. The molecule has 1 unspecified atom stereocenters. The Bertz CT molecular complexity index is 1090. The number of nitrogens with two attached hydrogens (primary N) is 1. The topological polar surface area (TPSA) is 90.9 Å². The van der Waals surface area contributed by atoms with Crippen LogP contribution < -0.4 is 15.8 Å². The number of hydrogen-bond donors (Lipinski definition) is 2. The van der Waals surface area contributed by atoms with Gasteiger partial charge >= 0.3 is 0 Å². The van der Waals surface area contributed by atoms with Crippen LogP contribution in [0.25, 0.3) is 16.6 Å². The third-order valence-electron chi connectivity index (χ3n) is 5.11. The molecule has 1 aromatic carbocycles. The number of anilines is 1. The molecule has 8 heteroatoms. The van der Waals surface area contributed by atoms with Crippen molar-refractivity contribution >= 4 is 34.0 Å². The lowest BCUT2D eigenvalue weighted by molar-refractivity contribution is 0.399. The second-order valence-electron chi connectivity index (χ2n) is 6.69. The Labute approximate surface area is 162 Å². The molecule has 0 amide bonds. The van der Waals surface area contributed by atoms with Gasteiger partial charge in [0, 0.05) is 28.9 Å². The Balaban J connectivity index is 1.94. The average Bonchev–Trinajstić information content (AvgIpc) is 2.94. The van der Waals surface area contributed by atoms with Gasteiger partial charge in [-0.05, 0) is 38.0 Å². The fraction of sp³-hybridized carbons (Fsp3) is 0.316. The van der Waals surface area contributed by atoms with Crippen molar-refractivity contribution in [3.8, 4) is 5.75 Å². The molecular weight excluding hydrogens is 364 g/mol. The lowest BCUT2D eigenvalue weighted by Gasteiger charge is -2.26. The van der Waals surface area contributed by atoms with Gasteiger partial charge in [-0.2, -0.15) is 5.10 Å². The molecule has 1 atom stereocenters. The molecule has 0 aliphatic carbocycles. The molecule has 0 saturated carbocycles. The van der Waals surface area contributed by atoms with Gasteiger partial charge in [-0.1, -0.05) is 11.6 Å². The summed E-state index contributed by atoms with van der Waals surface area (Å²) < 4.78 is 7.68. The summed E-state index contributed by atoms with van der Waals surface area (Å²) in [6.45, 7) is 6.75. The lowest BCUT2D eigenvalue weighted by atomic mass is 9.92. The van der Waals surface area contributed by atoms with E-state index in [1.165, 1.54) is 11.9 Å². The van der Waals surface area contributed by atoms with E-state index in [1.54, 1.807) is 7.11 Å². The van der Waals surface area contributed by atoms with Crippen molar-refractivity contribution < 1.29 is 4.74 Å². The second-order valence-corrected chi connectivity index (χ2v) is 7.10. The summed E-state index contributed by atoms with van der Waals surface area (Å²) in [6.07, 6.45) is 3.44. The molecule has 0 fully saturated rings. The maximum atomic E-state index is 6.57. The first kappa shape index (κ1) is 17.6. The van der Waals surface area contributed by atoms with Crippen LogP contribution in [0.3, 0.4) is 0 Å². The lowest BCUT2D eigenvalue weighted by Crippen LogP contribution is -2.22. The molecule has 3 aromatic rings. The zero-order valence-corrected chi connectivity index (χ0v) is 16.4. The third-order valence-corrected chi connectivity index (χ3v) is 5.50. The van der Waals surface area contributed by atoms with Crippen LogP contribution in [0.15, 0.2) is 18.6 Å². The number of fused-ring (bicyclic) bond motifs is 1. The first-order valence-corrected chi connectivity index (χ1v) is 9.06. The molecule has 1 aliphatic heterocycles. The van der Waals surface area contributed by atoms with Crippen molar-refractivity contribution in [2.75, 3.05) is 19.4 Å². The Morgan fingerprint density at radius 3 is 2.70 bits per heavy atom. The number of nitrogens with one attached hydrogen (secondary N) is 1. The number of benzene rings is 1. The predicted octanol–water partition coefficient (Wildman–Crippen LogP) is 3.24. The summed E-state index contributed by atoms with van der Waals surface area (Å²) in [5.74, 6) is 1.23. The number of hydrogen-bond acceptors (Lipinski definition) is 6. The number of rotatable bonds is 4. The summed E-state index contributed by atoms with van der Waals surface area (Å²) in [4.78, 5) is 8.49. The number of nitrogen functional groups attached to an aromatic ring is 1. The number of aromatic nitrogens is 4. The number of aryl methyl sites for hydroxylation is 1. The Morgan fingerprint density at radius 1 is 1.33 bits per heavy atom. The van der Waals surface area contributed by atoms with Crippen LogP contribution in [0.4, 0.5) is 5.82 Å². The minimum atomic E-state index is -0.157. The largest absolute Gasteiger partial charge is 0.496 e. The first-order valence-electron chi connectivity index (χ1n) is 8.69. The number of nitrogens with zero attached hydrogens (tertiary/aromatic N) is 4. The minimum Gasteiger partial charge on any atom is -0.496 e. The van der Waals surface area contributed by atoms with Gasteiger partial charge in [0.25, 0.3) is 0 Å². The maximum Gasteiger partial charge on any atom is 0.164 e. The van der Waals surface area contributed by atoms with E-state index in [1.807, 2.05) is 37.7 Å². The Hall–Kier alpha value is -2.80. The Kier molecular flexibility index (Phi) is 4.19. The normalized spacial score (nSPS) is 14.5. The highest BCUT2D eigenvalue weighted by Crippen LogP contribution is 2.42. The van der Waals surface area contributed by atoms with Gasteiger partial charge in [-0.15, -0.1) is 0 Å². The average molecular weight is 385 g/mol. The van der Waals surface area contributed by atoms with Crippen LogP contribution in [-0.4, -0.2) is 33.4 Å². The van der Waals surface area contributed by atoms with Crippen LogP contribution in [0, 0.1) is 13.8 Å². The van der Waals surface area contributed by atoms with Crippen LogP contribution in [-0.2, 0) is 0 Å². The van der Waals surface area contributed by atoms with Crippen LogP contribution in [0.1, 0.15) is 35.3 Å². The third kappa shape index (κ3) is 2.61. The van der Waals surface area contributed by atoms with Gasteiger partial charge in [-0.3, -0.25) is 0 Å². The number of halogens is 1. The quantitative estimate of drug-likeness (QED) is 0.717. The van der Waals surface area contributed by atoms with Crippen LogP contribution in [0.5, 0.6) is 5.75 Å². The fourth-order valence-corrected chi connectivity index (χ4v) is 3.81. The highest BCUT2D eigenvalue weighted by molar-refractivity contribution is 6.31. The minimum absolute atomic E-state index is 0.157. The summed E-state index contributed by atoms with van der Waals surface area (Å²) >= 11 is 6.57. The molecule has 2 aromatic heterocycles. The Morgan fingerprint density at radius 2 is 2.07 bits per heavy atom. The van der Waals surface area contributed by atoms with E-state index in [4.69, 9.17) is 22.1 Å². The van der Waals surface area contributed by atoms with Gasteiger partial charge in [-0.25, -0.2) is 14.6 Å². The monoisotopic (exact) mass is 384 g/mol. The molecule has 1 aliphatic rings. The molecule has 140 valence electrons. The van der Waals surface area contributed by atoms with Crippen molar-refractivity contribution in [1.82, 2.24) is 25.1 Å². The molecule has 27 heavy (non-hydrogen) atoms. The van der Waals surface area contributed by atoms with Gasteiger partial charge in [0.05, 0.1) is 24.2 Å². The molecule has 0 saturated heterocycles. The summed E-state index contributed by atoms with van der Waals surface area (Å²) in [5, 5.41) is 9.30. The molecule has 7 nitrogen and oxygen atoms in total. The van der Waals surface area contributed by atoms with Crippen molar-refractivity contribution in [1.29, 1.82) is 0 Å². The van der Waals surface area contributed by atoms with Gasteiger partial charge < -0.3 is 15.8 Å². The van der Waals surface area contributed by atoms with Crippen LogP contribution in [0.2, 0.25) is 5.02 Å². The molecule has 0 bridgehead atoms. The maximum absolute atomic E-state index is 6.57. The smallest absolute Gasteiger partial charge is 0.164 e. The second kappa shape index (κ2) is 6.42. The van der Waals surface area contributed by atoms with Gasteiger partial charge in [0.1, 0.15) is 17.9 Å². The van der Waals surface area contributed by atoms with E-state index in [0.29, 0.717) is 16.5 Å². The van der Waals surface area contributed by atoms with Crippen molar-refractivity contribution in [2.24, 2.45) is 0 Å². The highest BCUT2D eigenvalue weighted by Gasteiger charge is 2.26. The summed E-state index contributed by atoms with van der Waals surface area (Å²) in [6, 6.07) is 1.79. The molecule has 3 N–H and O–H groups in total. The number of ether oxygens (including phenoxy) is 1. The van der Waals surface area contributed by atoms with E-state index < -0.39 is 0 Å². The van der Waals surface area contributed by atoms with Crippen LogP contribution >= 0.6 is 11.6 Å².